The lowest BCUT2D eigenvalue weighted by atomic mass is 9.83. The quantitative estimate of drug-likeness (QED) is 0.877. The first-order valence-corrected chi connectivity index (χ1v) is 7.79. The van der Waals surface area contributed by atoms with E-state index in [4.69, 9.17) is 10.7 Å². The Morgan fingerprint density at radius 2 is 1.68 bits per heavy atom. The second kappa shape index (κ2) is 4.43. The highest BCUT2D eigenvalue weighted by atomic mass is 15.3. The lowest BCUT2D eigenvalue weighted by molar-refractivity contribution is 0.379. The van der Waals surface area contributed by atoms with Gasteiger partial charge in [-0.15, -0.1) is 0 Å². The van der Waals surface area contributed by atoms with E-state index in [2.05, 4.69) is 55.1 Å². The van der Waals surface area contributed by atoms with Gasteiger partial charge in [0.05, 0.1) is 0 Å². The fourth-order valence-electron chi connectivity index (χ4n) is 3.61. The van der Waals surface area contributed by atoms with Gasteiger partial charge in [0.2, 0.25) is 0 Å². The van der Waals surface area contributed by atoms with Gasteiger partial charge < -0.3 is 10.6 Å². The molecule has 22 heavy (non-hydrogen) atoms. The maximum absolute atomic E-state index is 6.96. The Bertz CT molecular complexity index is 748. The summed E-state index contributed by atoms with van der Waals surface area (Å²) in [7, 11) is 0. The monoisotopic (exact) mass is 291 g/mol. The number of fused-ring (bicyclic) bond motifs is 3. The molecule has 0 saturated carbocycles. The predicted molar refractivity (Wildman–Crippen MR) is 91.3 cm³/mol. The van der Waals surface area contributed by atoms with Crippen LogP contribution in [0.3, 0.4) is 0 Å². The van der Waals surface area contributed by atoms with Gasteiger partial charge in [-0.25, -0.2) is 0 Å². The maximum atomic E-state index is 6.96. The van der Waals surface area contributed by atoms with E-state index < -0.39 is 5.54 Å². The molecular formula is C19H21N3. The molecule has 0 amide bonds. The van der Waals surface area contributed by atoms with Crippen molar-refractivity contribution >= 4 is 11.5 Å². The summed E-state index contributed by atoms with van der Waals surface area (Å²) in [6.45, 7) is 6.29. The molecule has 0 radical (unpaired) electrons. The van der Waals surface area contributed by atoms with Crippen LogP contribution in [-0.4, -0.2) is 18.9 Å². The van der Waals surface area contributed by atoms with E-state index in [1.165, 1.54) is 5.69 Å². The van der Waals surface area contributed by atoms with Crippen molar-refractivity contribution < 1.29 is 0 Å². The van der Waals surface area contributed by atoms with Crippen LogP contribution in [0.2, 0.25) is 0 Å². The molecule has 2 aliphatic heterocycles. The molecule has 2 aromatic rings. The minimum Gasteiger partial charge on any atom is -0.327 e. The molecule has 0 aliphatic carbocycles. The lowest BCUT2D eigenvalue weighted by Crippen LogP contribution is -2.53. The summed E-state index contributed by atoms with van der Waals surface area (Å²) < 4.78 is 0. The first kappa shape index (κ1) is 13.5. The third kappa shape index (κ3) is 1.75. The topological polar surface area (TPSA) is 41.6 Å². The average molecular weight is 291 g/mol. The van der Waals surface area contributed by atoms with Crippen LogP contribution in [0.25, 0.3) is 0 Å². The Morgan fingerprint density at radius 1 is 1.00 bits per heavy atom. The van der Waals surface area contributed by atoms with E-state index in [1.54, 1.807) is 0 Å². The number of rotatable bonds is 1. The molecule has 2 aromatic carbocycles. The standard InChI is InChI=1S/C19H21N3/c1-18(2)12-21-17-19(20,14-8-4-3-5-9-14)15-10-6-7-11-16(15)22(17)13-18/h3-11H,12-13,20H2,1-2H3. The zero-order chi connectivity index (χ0) is 15.4. The molecule has 112 valence electrons. The van der Waals surface area contributed by atoms with Crippen molar-refractivity contribution in [3.8, 4) is 0 Å². The number of amidine groups is 1. The fraction of sp³-hybridized carbons (Fsp3) is 0.316. The second-order valence-electron chi connectivity index (χ2n) is 7.08. The third-order valence-electron chi connectivity index (χ3n) is 4.70. The highest BCUT2D eigenvalue weighted by Gasteiger charge is 2.49. The van der Waals surface area contributed by atoms with Crippen LogP contribution in [0, 0.1) is 5.41 Å². The minimum absolute atomic E-state index is 0.165. The zero-order valence-electron chi connectivity index (χ0n) is 13.1. The van der Waals surface area contributed by atoms with Gasteiger partial charge in [0.25, 0.3) is 0 Å². The molecule has 2 aliphatic rings. The molecule has 2 N–H and O–H groups in total. The van der Waals surface area contributed by atoms with Crippen molar-refractivity contribution in [1.29, 1.82) is 0 Å². The first-order chi connectivity index (χ1) is 10.5. The van der Waals surface area contributed by atoms with Gasteiger partial charge in [-0.05, 0) is 11.6 Å². The van der Waals surface area contributed by atoms with Crippen LogP contribution in [0.5, 0.6) is 0 Å². The summed E-state index contributed by atoms with van der Waals surface area (Å²) in [4.78, 5) is 7.22. The van der Waals surface area contributed by atoms with Crippen molar-refractivity contribution in [2.75, 3.05) is 18.0 Å². The van der Waals surface area contributed by atoms with Crippen LogP contribution in [0.1, 0.15) is 25.0 Å². The van der Waals surface area contributed by atoms with Gasteiger partial charge in [-0.2, -0.15) is 0 Å². The Hall–Kier alpha value is -2.13. The van der Waals surface area contributed by atoms with Crippen LogP contribution in [0.15, 0.2) is 59.6 Å². The lowest BCUT2D eigenvalue weighted by Gasteiger charge is -2.38. The number of hydrogen-bond acceptors (Lipinski definition) is 3. The maximum Gasteiger partial charge on any atom is 0.133 e. The van der Waals surface area contributed by atoms with E-state index in [1.807, 2.05) is 18.2 Å². The third-order valence-corrected chi connectivity index (χ3v) is 4.70. The summed E-state index contributed by atoms with van der Waals surface area (Å²) >= 11 is 0. The normalized spacial score (nSPS) is 25.4. The molecule has 3 nitrogen and oxygen atoms in total. The van der Waals surface area contributed by atoms with Crippen LogP contribution < -0.4 is 10.6 Å². The van der Waals surface area contributed by atoms with Crippen molar-refractivity contribution in [1.82, 2.24) is 0 Å². The predicted octanol–water partition coefficient (Wildman–Crippen LogP) is 3.15. The first-order valence-electron chi connectivity index (χ1n) is 7.79. The van der Waals surface area contributed by atoms with Crippen LogP contribution >= 0.6 is 0 Å². The fourth-order valence-corrected chi connectivity index (χ4v) is 3.61. The van der Waals surface area contributed by atoms with E-state index in [9.17, 15) is 0 Å². The summed E-state index contributed by atoms with van der Waals surface area (Å²) in [6.07, 6.45) is 0. The number of anilines is 1. The van der Waals surface area contributed by atoms with E-state index in [0.717, 1.165) is 30.1 Å². The van der Waals surface area contributed by atoms with Gasteiger partial charge in [0, 0.05) is 29.8 Å². The van der Waals surface area contributed by atoms with E-state index >= 15 is 0 Å². The Morgan fingerprint density at radius 3 is 2.45 bits per heavy atom. The molecule has 0 spiro atoms. The Balaban J connectivity index is 1.97. The van der Waals surface area contributed by atoms with E-state index in [-0.39, 0.29) is 5.41 Å². The summed E-state index contributed by atoms with van der Waals surface area (Å²) in [5, 5.41) is 0. The number of nitrogens with zero attached hydrogens (tertiary/aromatic N) is 2. The molecule has 2 heterocycles. The average Bonchev–Trinajstić information content (AvgIpc) is 2.78. The van der Waals surface area contributed by atoms with Crippen molar-refractivity contribution in [2.24, 2.45) is 16.1 Å². The largest absolute Gasteiger partial charge is 0.327 e. The van der Waals surface area contributed by atoms with E-state index in [0.29, 0.717) is 0 Å². The number of hydrogen-bond donors (Lipinski definition) is 1. The highest BCUT2D eigenvalue weighted by Crippen LogP contribution is 2.46. The molecule has 0 saturated heterocycles. The van der Waals surface area contributed by atoms with Crippen molar-refractivity contribution in [3.63, 3.8) is 0 Å². The van der Waals surface area contributed by atoms with Crippen LogP contribution in [-0.2, 0) is 5.54 Å². The van der Waals surface area contributed by atoms with Crippen LogP contribution in [0.4, 0.5) is 5.69 Å². The SMILES string of the molecule is CC1(C)CN=C2N(C1)c1ccccc1C2(N)c1ccccc1. The summed E-state index contributed by atoms with van der Waals surface area (Å²) in [5.41, 5.74) is 9.93. The van der Waals surface area contributed by atoms with Crippen molar-refractivity contribution in [3.05, 3.63) is 65.7 Å². The Labute approximate surface area is 131 Å². The van der Waals surface area contributed by atoms with Gasteiger partial charge in [0.15, 0.2) is 0 Å². The highest BCUT2D eigenvalue weighted by molar-refractivity contribution is 6.13. The number of aliphatic imine (C=N–C) groups is 1. The molecule has 0 bridgehead atoms. The smallest absolute Gasteiger partial charge is 0.133 e. The number of benzene rings is 2. The van der Waals surface area contributed by atoms with Crippen molar-refractivity contribution in [2.45, 2.75) is 19.4 Å². The Kier molecular flexibility index (Phi) is 2.73. The summed E-state index contributed by atoms with van der Waals surface area (Å²) in [6, 6.07) is 18.7. The molecule has 0 fully saturated rings. The van der Waals surface area contributed by atoms with Gasteiger partial charge in [-0.3, -0.25) is 4.99 Å². The minimum atomic E-state index is -0.644. The second-order valence-corrected chi connectivity index (χ2v) is 7.08. The molecule has 1 atom stereocenters. The van der Waals surface area contributed by atoms with Gasteiger partial charge in [-0.1, -0.05) is 62.4 Å². The van der Waals surface area contributed by atoms with Gasteiger partial charge in [0.1, 0.15) is 11.4 Å². The number of para-hydroxylation sites is 1. The number of nitrogens with two attached hydrogens (primary N) is 1. The zero-order valence-corrected chi connectivity index (χ0v) is 13.1. The molecule has 4 rings (SSSR count). The molecule has 3 heteroatoms. The molecule has 1 unspecified atom stereocenters. The molecule has 0 aromatic heterocycles. The van der Waals surface area contributed by atoms with Gasteiger partial charge >= 0.3 is 0 Å². The molecular weight excluding hydrogens is 270 g/mol. The summed E-state index contributed by atoms with van der Waals surface area (Å²) in [5.74, 6) is 0.985.